The van der Waals surface area contributed by atoms with Crippen LogP contribution in [0.25, 0.3) is 0 Å². The van der Waals surface area contributed by atoms with Crippen LogP contribution in [0, 0.1) is 0 Å². The number of thioether (sulfide) groups is 1. The van der Waals surface area contributed by atoms with Crippen LogP contribution in [0.3, 0.4) is 0 Å². The molecule has 0 bridgehead atoms. The number of aliphatic hydroxyl groups is 1. The number of amides is 2. The third-order valence-electron chi connectivity index (χ3n) is 3.84. The van der Waals surface area contributed by atoms with Gasteiger partial charge in [0.15, 0.2) is 0 Å². The largest absolute Gasteiger partial charge is 0.396 e. The molecule has 4 nitrogen and oxygen atoms in total. The maximum absolute atomic E-state index is 12.3. The molecular weight excluding hydrogens is 248 g/mol. The Morgan fingerprint density at radius 2 is 2.22 bits per heavy atom. The Morgan fingerprint density at radius 3 is 2.94 bits per heavy atom. The van der Waals surface area contributed by atoms with E-state index in [-0.39, 0.29) is 18.7 Å². The van der Waals surface area contributed by atoms with Gasteiger partial charge in [0.25, 0.3) is 0 Å². The molecule has 2 amide bonds. The van der Waals surface area contributed by atoms with Gasteiger partial charge in [-0.1, -0.05) is 0 Å². The lowest BCUT2D eigenvalue weighted by Gasteiger charge is -2.37. The number of rotatable bonds is 3. The van der Waals surface area contributed by atoms with Gasteiger partial charge in [-0.3, -0.25) is 0 Å². The number of nitrogens with zero attached hydrogens (tertiary/aromatic N) is 1. The number of nitrogens with one attached hydrogen (secondary N) is 1. The van der Waals surface area contributed by atoms with Gasteiger partial charge in [0, 0.05) is 31.0 Å². The first-order valence-corrected chi connectivity index (χ1v) is 8.22. The predicted octanol–water partition coefficient (Wildman–Crippen LogP) is 1.83. The van der Waals surface area contributed by atoms with E-state index >= 15 is 0 Å². The number of carbonyl (C=O) groups is 1. The normalized spacial score (nSPS) is 29.1. The molecule has 2 fully saturated rings. The van der Waals surface area contributed by atoms with Crippen LogP contribution in [-0.4, -0.2) is 52.8 Å². The zero-order chi connectivity index (χ0) is 12.8. The Bertz CT molecular complexity index is 268. The van der Waals surface area contributed by atoms with E-state index in [2.05, 4.69) is 5.32 Å². The molecule has 2 heterocycles. The Hall–Kier alpha value is -0.420. The van der Waals surface area contributed by atoms with Gasteiger partial charge >= 0.3 is 6.03 Å². The summed E-state index contributed by atoms with van der Waals surface area (Å²) in [6.45, 7) is 1.02. The molecule has 2 aliphatic heterocycles. The van der Waals surface area contributed by atoms with Crippen molar-refractivity contribution in [1.29, 1.82) is 0 Å². The predicted molar refractivity (Wildman–Crippen MR) is 74.9 cm³/mol. The van der Waals surface area contributed by atoms with E-state index in [4.69, 9.17) is 5.11 Å². The van der Waals surface area contributed by atoms with Gasteiger partial charge in [-0.25, -0.2) is 4.79 Å². The van der Waals surface area contributed by atoms with E-state index < -0.39 is 0 Å². The second-order valence-electron chi connectivity index (χ2n) is 5.22. The van der Waals surface area contributed by atoms with E-state index in [1.54, 1.807) is 0 Å². The number of aliphatic hydroxyl groups excluding tert-OH is 1. The molecule has 0 aromatic carbocycles. The van der Waals surface area contributed by atoms with E-state index in [0.717, 1.165) is 31.6 Å². The van der Waals surface area contributed by atoms with E-state index in [1.807, 2.05) is 16.7 Å². The number of likely N-dealkylation sites (tertiary alicyclic amines) is 1. The summed E-state index contributed by atoms with van der Waals surface area (Å²) in [6, 6.07) is 0.661. The van der Waals surface area contributed by atoms with Crippen LogP contribution >= 0.6 is 11.8 Å². The van der Waals surface area contributed by atoms with Crippen molar-refractivity contribution in [1.82, 2.24) is 10.2 Å². The van der Waals surface area contributed by atoms with Gasteiger partial charge in [0.1, 0.15) is 0 Å². The summed E-state index contributed by atoms with van der Waals surface area (Å²) in [4.78, 5) is 14.2. The summed E-state index contributed by atoms with van der Waals surface area (Å²) in [5.74, 6) is 2.27. The van der Waals surface area contributed by atoms with Crippen molar-refractivity contribution in [2.45, 2.75) is 50.6 Å². The molecule has 0 saturated carbocycles. The molecule has 5 heteroatoms. The minimum atomic E-state index is 0.0839. The number of urea groups is 1. The Morgan fingerprint density at radius 1 is 1.33 bits per heavy atom. The molecular formula is C13H24N2O2S. The maximum atomic E-state index is 12.3. The fraction of sp³-hybridized carbons (Fsp3) is 0.923. The number of piperidine rings is 1. The van der Waals surface area contributed by atoms with Gasteiger partial charge in [-0.2, -0.15) is 11.8 Å². The summed E-state index contributed by atoms with van der Waals surface area (Å²) in [7, 11) is 0. The summed E-state index contributed by atoms with van der Waals surface area (Å²) in [5, 5.41) is 12.2. The Kier molecular flexibility index (Phi) is 5.63. The smallest absolute Gasteiger partial charge is 0.317 e. The molecule has 2 N–H and O–H groups in total. The van der Waals surface area contributed by atoms with Crippen LogP contribution in [-0.2, 0) is 0 Å². The van der Waals surface area contributed by atoms with Gasteiger partial charge in [-0.05, 0) is 44.3 Å². The molecule has 0 radical (unpaired) electrons. The van der Waals surface area contributed by atoms with Crippen LogP contribution in [0.5, 0.6) is 0 Å². The third-order valence-corrected chi connectivity index (χ3v) is 5.05. The summed E-state index contributed by atoms with van der Waals surface area (Å²) < 4.78 is 0. The molecule has 2 rings (SSSR count). The zero-order valence-electron chi connectivity index (χ0n) is 10.9. The van der Waals surface area contributed by atoms with Crippen molar-refractivity contribution < 1.29 is 9.90 Å². The highest BCUT2D eigenvalue weighted by atomic mass is 32.2. The Balaban J connectivity index is 1.84. The van der Waals surface area contributed by atoms with Gasteiger partial charge in [-0.15, -0.1) is 0 Å². The van der Waals surface area contributed by atoms with Gasteiger partial charge in [0.2, 0.25) is 0 Å². The first-order chi connectivity index (χ1) is 8.81. The lowest BCUT2D eigenvalue weighted by atomic mass is 10.00. The number of carbonyl (C=O) groups excluding carboxylic acids is 1. The van der Waals surface area contributed by atoms with Crippen LogP contribution in [0.1, 0.15) is 38.5 Å². The fourth-order valence-electron chi connectivity index (χ4n) is 2.83. The topological polar surface area (TPSA) is 52.6 Å². The van der Waals surface area contributed by atoms with Crippen molar-refractivity contribution in [2.24, 2.45) is 0 Å². The average molecular weight is 272 g/mol. The maximum Gasteiger partial charge on any atom is 0.317 e. The molecule has 0 spiro atoms. The fourth-order valence-corrected chi connectivity index (χ4v) is 3.90. The van der Waals surface area contributed by atoms with Crippen LogP contribution < -0.4 is 5.32 Å². The number of hydrogen-bond donors (Lipinski definition) is 2. The molecule has 2 aliphatic rings. The van der Waals surface area contributed by atoms with Crippen molar-refractivity contribution in [3.8, 4) is 0 Å². The monoisotopic (exact) mass is 272 g/mol. The highest BCUT2D eigenvalue weighted by Gasteiger charge is 2.27. The molecule has 0 aromatic heterocycles. The first kappa shape index (κ1) is 14.0. The molecule has 0 aromatic rings. The lowest BCUT2D eigenvalue weighted by Crippen LogP contribution is -2.52. The SMILES string of the molecule is O=C(N[C@H]1CCCSC1)N1CCCC[C@H]1CCO. The second-order valence-corrected chi connectivity index (χ2v) is 6.37. The van der Waals surface area contributed by atoms with E-state index in [1.165, 1.54) is 18.6 Å². The summed E-state index contributed by atoms with van der Waals surface area (Å²) in [6.07, 6.45) is 6.33. The first-order valence-electron chi connectivity index (χ1n) is 7.07. The third kappa shape index (κ3) is 3.79. The minimum Gasteiger partial charge on any atom is -0.396 e. The molecule has 104 valence electrons. The van der Waals surface area contributed by atoms with Crippen molar-refractivity contribution in [2.75, 3.05) is 24.7 Å². The molecule has 2 atom stereocenters. The summed E-state index contributed by atoms with van der Waals surface area (Å²) in [5.41, 5.74) is 0. The summed E-state index contributed by atoms with van der Waals surface area (Å²) >= 11 is 1.93. The molecule has 0 aliphatic carbocycles. The van der Waals surface area contributed by atoms with E-state index in [0.29, 0.717) is 12.5 Å². The van der Waals surface area contributed by atoms with Gasteiger partial charge < -0.3 is 15.3 Å². The molecule has 0 unspecified atom stereocenters. The van der Waals surface area contributed by atoms with Crippen LogP contribution in [0.4, 0.5) is 4.79 Å². The quantitative estimate of drug-likeness (QED) is 0.824. The van der Waals surface area contributed by atoms with Crippen LogP contribution in [0.2, 0.25) is 0 Å². The van der Waals surface area contributed by atoms with Crippen LogP contribution in [0.15, 0.2) is 0 Å². The minimum absolute atomic E-state index is 0.0839. The lowest BCUT2D eigenvalue weighted by molar-refractivity contribution is 0.129. The standard InChI is InChI=1S/C13H24N2O2S/c16-8-6-12-5-1-2-7-15(12)13(17)14-11-4-3-9-18-10-11/h11-12,16H,1-10H2,(H,14,17)/t11-,12-/m0/s1. The Labute approximate surface area is 113 Å². The number of hydrogen-bond acceptors (Lipinski definition) is 3. The van der Waals surface area contributed by atoms with Crippen molar-refractivity contribution in [3.63, 3.8) is 0 Å². The second kappa shape index (κ2) is 7.24. The van der Waals surface area contributed by atoms with Crippen molar-refractivity contribution in [3.05, 3.63) is 0 Å². The highest BCUT2D eigenvalue weighted by Crippen LogP contribution is 2.21. The van der Waals surface area contributed by atoms with Crippen molar-refractivity contribution >= 4 is 17.8 Å². The highest BCUT2D eigenvalue weighted by molar-refractivity contribution is 7.99. The molecule has 18 heavy (non-hydrogen) atoms. The average Bonchev–Trinajstić information content (AvgIpc) is 2.41. The zero-order valence-corrected chi connectivity index (χ0v) is 11.8. The molecule has 2 saturated heterocycles. The van der Waals surface area contributed by atoms with Gasteiger partial charge in [0.05, 0.1) is 0 Å². The van der Waals surface area contributed by atoms with E-state index in [9.17, 15) is 4.79 Å².